The molecule has 0 amide bonds. The van der Waals surface area contributed by atoms with Gasteiger partial charge in [0, 0.05) is 17.4 Å². The topological polar surface area (TPSA) is 44.1 Å². The summed E-state index contributed by atoms with van der Waals surface area (Å²) in [6, 6.07) is 7.60. The van der Waals surface area contributed by atoms with E-state index in [9.17, 15) is 4.79 Å². The molecule has 0 N–H and O–H groups in total. The highest BCUT2D eigenvalue weighted by molar-refractivity contribution is 8.00. The SMILES string of the molecule is CCCCSc1nc2c(c(=O)n1-c1ccc(OC)cc1)SC(C)C2. The van der Waals surface area contributed by atoms with Gasteiger partial charge in [-0.2, -0.15) is 0 Å². The minimum absolute atomic E-state index is 0.0542. The first kappa shape index (κ1) is 17.4. The summed E-state index contributed by atoms with van der Waals surface area (Å²) in [5, 5.41) is 1.22. The van der Waals surface area contributed by atoms with Crippen molar-refractivity contribution in [1.29, 1.82) is 0 Å². The van der Waals surface area contributed by atoms with Crippen molar-refractivity contribution in [3.05, 3.63) is 40.3 Å². The van der Waals surface area contributed by atoms with Crippen LogP contribution in [0, 0.1) is 0 Å². The molecule has 0 spiro atoms. The summed E-state index contributed by atoms with van der Waals surface area (Å²) in [5.41, 5.74) is 1.86. The average molecular weight is 363 g/mol. The number of fused-ring (bicyclic) bond motifs is 1. The Morgan fingerprint density at radius 2 is 2.12 bits per heavy atom. The standard InChI is InChI=1S/C18H22N2O2S2/c1-4-5-10-23-18-19-15-11-12(2)24-16(15)17(21)20(18)13-6-8-14(22-3)9-7-13/h6-9,12H,4-5,10-11H2,1-3H3. The molecule has 6 heteroatoms. The number of nitrogens with zero attached hydrogens (tertiary/aromatic N) is 2. The number of ether oxygens (including phenoxy) is 1. The van der Waals surface area contributed by atoms with Gasteiger partial charge in [-0.1, -0.05) is 32.0 Å². The van der Waals surface area contributed by atoms with Crippen LogP contribution in [-0.2, 0) is 6.42 Å². The quantitative estimate of drug-likeness (QED) is 0.438. The number of rotatable bonds is 6. The Morgan fingerprint density at radius 1 is 1.38 bits per heavy atom. The van der Waals surface area contributed by atoms with Crippen LogP contribution in [0.5, 0.6) is 5.75 Å². The van der Waals surface area contributed by atoms with Crippen LogP contribution in [0.2, 0.25) is 0 Å². The third-order valence-corrected chi connectivity index (χ3v) is 6.18. The van der Waals surface area contributed by atoms with Gasteiger partial charge in [-0.3, -0.25) is 9.36 Å². The van der Waals surface area contributed by atoms with Crippen molar-refractivity contribution in [2.75, 3.05) is 12.9 Å². The second kappa shape index (κ2) is 7.66. The Bertz CT molecular complexity index is 772. The Morgan fingerprint density at radius 3 is 2.79 bits per heavy atom. The number of methoxy groups -OCH3 is 1. The Labute approximate surface area is 151 Å². The predicted molar refractivity (Wildman–Crippen MR) is 101 cm³/mol. The molecule has 1 aliphatic rings. The molecule has 3 rings (SSSR count). The summed E-state index contributed by atoms with van der Waals surface area (Å²) in [7, 11) is 1.64. The number of hydrogen-bond acceptors (Lipinski definition) is 5. The number of aromatic nitrogens is 2. The highest BCUT2D eigenvalue weighted by atomic mass is 32.2. The van der Waals surface area contributed by atoms with Crippen LogP contribution >= 0.6 is 23.5 Å². The first-order valence-corrected chi connectivity index (χ1v) is 10.1. The van der Waals surface area contributed by atoms with Crippen molar-refractivity contribution in [1.82, 2.24) is 9.55 Å². The molecule has 0 aliphatic carbocycles. The van der Waals surface area contributed by atoms with E-state index < -0.39 is 0 Å². The summed E-state index contributed by atoms with van der Waals surface area (Å²) >= 11 is 3.31. The summed E-state index contributed by atoms with van der Waals surface area (Å²) in [4.78, 5) is 18.7. The summed E-state index contributed by atoms with van der Waals surface area (Å²) in [5.74, 6) is 1.75. The third-order valence-electron chi connectivity index (χ3n) is 3.94. The average Bonchev–Trinajstić information content (AvgIpc) is 2.96. The monoisotopic (exact) mass is 362 g/mol. The molecule has 0 radical (unpaired) electrons. The fraction of sp³-hybridized carbons (Fsp3) is 0.444. The number of hydrogen-bond donors (Lipinski definition) is 0. The predicted octanol–water partition coefficient (Wildman–Crippen LogP) is 4.17. The first-order valence-electron chi connectivity index (χ1n) is 8.23. The Kier molecular flexibility index (Phi) is 5.56. The van der Waals surface area contributed by atoms with Crippen LogP contribution in [0.3, 0.4) is 0 Å². The van der Waals surface area contributed by atoms with Crippen molar-refractivity contribution >= 4 is 23.5 Å². The lowest BCUT2D eigenvalue weighted by Gasteiger charge is -2.14. The lowest BCUT2D eigenvalue weighted by molar-refractivity contribution is 0.414. The van der Waals surface area contributed by atoms with Gasteiger partial charge in [0.15, 0.2) is 5.16 Å². The van der Waals surface area contributed by atoms with Crippen LogP contribution < -0.4 is 10.3 Å². The number of thioether (sulfide) groups is 2. The van der Waals surface area contributed by atoms with E-state index in [1.165, 1.54) is 0 Å². The van der Waals surface area contributed by atoms with Crippen molar-refractivity contribution in [2.45, 2.75) is 48.4 Å². The van der Waals surface area contributed by atoms with Crippen LogP contribution in [0.1, 0.15) is 32.4 Å². The molecule has 1 unspecified atom stereocenters. The van der Waals surface area contributed by atoms with Gasteiger partial charge in [-0.25, -0.2) is 4.98 Å². The lowest BCUT2D eigenvalue weighted by atomic mass is 10.2. The fourth-order valence-corrected chi connectivity index (χ4v) is 4.87. The highest BCUT2D eigenvalue weighted by Gasteiger charge is 2.26. The highest BCUT2D eigenvalue weighted by Crippen LogP contribution is 2.35. The Balaban J connectivity index is 2.07. The largest absolute Gasteiger partial charge is 0.497 e. The molecular weight excluding hydrogens is 340 g/mol. The van der Waals surface area contributed by atoms with Crippen molar-refractivity contribution < 1.29 is 4.74 Å². The molecule has 2 aromatic rings. The normalized spacial score (nSPS) is 16.2. The zero-order valence-electron chi connectivity index (χ0n) is 14.2. The van der Waals surface area contributed by atoms with Crippen LogP contribution in [0.15, 0.2) is 39.1 Å². The van der Waals surface area contributed by atoms with Gasteiger partial charge in [-0.15, -0.1) is 11.8 Å². The summed E-state index contributed by atoms with van der Waals surface area (Å²) in [6.07, 6.45) is 3.13. The van der Waals surface area contributed by atoms with E-state index in [2.05, 4.69) is 13.8 Å². The van der Waals surface area contributed by atoms with Gasteiger partial charge in [0.2, 0.25) is 0 Å². The smallest absolute Gasteiger partial charge is 0.272 e. The van der Waals surface area contributed by atoms with E-state index in [1.807, 2.05) is 24.3 Å². The van der Waals surface area contributed by atoms with Crippen molar-refractivity contribution in [3.8, 4) is 11.4 Å². The molecule has 4 nitrogen and oxygen atoms in total. The van der Waals surface area contributed by atoms with Crippen LogP contribution in [-0.4, -0.2) is 27.7 Å². The van der Waals surface area contributed by atoms with Gasteiger partial charge < -0.3 is 4.74 Å². The molecule has 0 saturated heterocycles. The maximum atomic E-state index is 13.1. The van der Waals surface area contributed by atoms with E-state index in [0.717, 1.165) is 52.2 Å². The summed E-state index contributed by atoms with van der Waals surface area (Å²) in [6.45, 7) is 4.32. The zero-order chi connectivity index (χ0) is 17.1. The van der Waals surface area contributed by atoms with E-state index in [4.69, 9.17) is 9.72 Å². The van der Waals surface area contributed by atoms with Gasteiger partial charge >= 0.3 is 0 Å². The molecule has 128 valence electrons. The molecule has 1 aliphatic heterocycles. The molecule has 1 aromatic heterocycles. The zero-order valence-corrected chi connectivity index (χ0v) is 15.9. The molecule has 0 bridgehead atoms. The lowest BCUT2D eigenvalue weighted by Crippen LogP contribution is -2.23. The van der Waals surface area contributed by atoms with E-state index in [0.29, 0.717) is 5.25 Å². The second-order valence-corrected chi connectivity index (χ2v) is 8.35. The minimum atomic E-state index is 0.0542. The van der Waals surface area contributed by atoms with Gasteiger partial charge in [0.05, 0.1) is 23.4 Å². The molecule has 1 atom stereocenters. The first-order chi connectivity index (χ1) is 11.6. The molecule has 24 heavy (non-hydrogen) atoms. The molecule has 0 saturated carbocycles. The van der Waals surface area contributed by atoms with Crippen LogP contribution in [0.4, 0.5) is 0 Å². The van der Waals surface area contributed by atoms with E-state index in [1.54, 1.807) is 35.2 Å². The molecule has 0 fully saturated rings. The molecular formula is C18H22N2O2S2. The Hall–Kier alpha value is -1.40. The third kappa shape index (κ3) is 3.49. The van der Waals surface area contributed by atoms with Gasteiger partial charge in [0.25, 0.3) is 5.56 Å². The van der Waals surface area contributed by atoms with Crippen LogP contribution in [0.25, 0.3) is 5.69 Å². The fourth-order valence-electron chi connectivity index (χ4n) is 2.66. The van der Waals surface area contributed by atoms with Crippen molar-refractivity contribution in [2.24, 2.45) is 0 Å². The molecule has 1 aromatic carbocycles. The van der Waals surface area contributed by atoms with Crippen molar-refractivity contribution in [3.63, 3.8) is 0 Å². The van der Waals surface area contributed by atoms with E-state index >= 15 is 0 Å². The maximum absolute atomic E-state index is 13.1. The number of unbranched alkanes of at least 4 members (excludes halogenated alkanes) is 1. The number of benzene rings is 1. The summed E-state index contributed by atoms with van der Waals surface area (Å²) < 4.78 is 6.97. The van der Waals surface area contributed by atoms with Gasteiger partial charge in [0.1, 0.15) is 5.75 Å². The second-order valence-electron chi connectivity index (χ2n) is 5.84. The van der Waals surface area contributed by atoms with E-state index in [-0.39, 0.29) is 5.56 Å². The van der Waals surface area contributed by atoms with Gasteiger partial charge in [-0.05, 0) is 30.7 Å². The maximum Gasteiger partial charge on any atom is 0.272 e. The minimum Gasteiger partial charge on any atom is -0.497 e. The molecule has 2 heterocycles.